The zero-order valence-corrected chi connectivity index (χ0v) is 13.0. The third-order valence-corrected chi connectivity index (χ3v) is 6.24. The fourth-order valence-corrected chi connectivity index (χ4v) is 4.56. The minimum absolute atomic E-state index is 0.624. The molecule has 0 amide bonds. The van der Waals surface area contributed by atoms with E-state index in [0.29, 0.717) is 4.34 Å². The van der Waals surface area contributed by atoms with Crippen molar-refractivity contribution in [1.29, 1.82) is 0 Å². The molecule has 0 aliphatic rings. The van der Waals surface area contributed by atoms with E-state index in [1.165, 1.54) is 16.7 Å². The first-order chi connectivity index (χ1) is 8.66. The first kappa shape index (κ1) is 12.6. The van der Waals surface area contributed by atoms with Crippen LogP contribution in [0.2, 0.25) is 4.34 Å². The van der Waals surface area contributed by atoms with Crippen LogP contribution in [0.3, 0.4) is 0 Å². The summed E-state index contributed by atoms with van der Waals surface area (Å²) >= 11 is 12.4. The number of hydrogen-bond acceptors (Lipinski definition) is 3. The highest BCUT2D eigenvalue weighted by atomic mass is 79.9. The average molecular weight is 360 g/mol. The maximum atomic E-state index is 10.5. The molecular formula is C13H8BrClOS2. The molecule has 5 heteroatoms. The highest BCUT2D eigenvalue weighted by Gasteiger charge is 2.17. The lowest BCUT2D eigenvalue weighted by Gasteiger charge is -2.09. The highest BCUT2D eigenvalue weighted by Crippen LogP contribution is 2.39. The second kappa shape index (κ2) is 4.94. The molecule has 1 aromatic carbocycles. The van der Waals surface area contributed by atoms with E-state index in [9.17, 15) is 5.11 Å². The molecule has 1 unspecified atom stereocenters. The Morgan fingerprint density at radius 1 is 1.28 bits per heavy atom. The molecule has 0 saturated carbocycles. The molecule has 3 rings (SSSR count). The molecule has 2 aromatic heterocycles. The van der Waals surface area contributed by atoms with Crippen LogP contribution < -0.4 is 0 Å². The van der Waals surface area contributed by atoms with Gasteiger partial charge in [-0.1, -0.05) is 29.8 Å². The Morgan fingerprint density at radius 3 is 2.83 bits per heavy atom. The molecule has 0 aliphatic carbocycles. The number of halogens is 2. The van der Waals surface area contributed by atoms with Crippen LogP contribution in [-0.2, 0) is 0 Å². The van der Waals surface area contributed by atoms with Gasteiger partial charge in [0.05, 0.1) is 0 Å². The van der Waals surface area contributed by atoms with E-state index < -0.39 is 6.10 Å². The van der Waals surface area contributed by atoms with Gasteiger partial charge in [0.25, 0.3) is 0 Å². The highest BCUT2D eigenvalue weighted by molar-refractivity contribution is 9.10. The van der Waals surface area contributed by atoms with Crippen LogP contribution in [0, 0.1) is 0 Å². The van der Waals surface area contributed by atoms with Gasteiger partial charge in [-0.15, -0.1) is 22.7 Å². The number of thiophene rings is 2. The first-order valence-corrected chi connectivity index (χ1v) is 8.12. The maximum Gasteiger partial charge on any atom is 0.115 e. The van der Waals surface area contributed by atoms with Gasteiger partial charge in [0.15, 0.2) is 0 Å². The molecule has 0 radical (unpaired) electrons. The molecule has 0 saturated heterocycles. The van der Waals surface area contributed by atoms with Gasteiger partial charge in [0.1, 0.15) is 10.4 Å². The average Bonchev–Trinajstić information content (AvgIpc) is 2.95. The maximum absolute atomic E-state index is 10.5. The molecule has 1 atom stereocenters. The number of fused-ring (bicyclic) bond motifs is 1. The third-order valence-electron chi connectivity index (χ3n) is 2.74. The van der Waals surface area contributed by atoms with Crippen molar-refractivity contribution in [2.24, 2.45) is 0 Å². The number of aliphatic hydroxyl groups is 1. The van der Waals surface area contributed by atoms with Crippen molar-refractivity contribution in [2.75, 3.05) is 0 Å². The Kier molecular flexibility index (Phi) is 3.47. The van der Waals surface area contributed by atoms with Crippen molar-refractivity contribution >= 4 is 60.3 Å². The van der Waals surface area contributed by atoms with Crippen molar-refractivity contribution in [3.63, 3.8) is 0 Å². The molecule has 0 spiro atoms. The fraction of sp³-hybridized carbons (Fsp3) is 0.0769. The lowest BCUT2D eigenvalue weighted by atomic mass is 10.1. The minimum atomic E-state index is -0.624. The standard InChI is InChI=1S/C13H8BrClOS2/c14-9-6-10(18-13(9)15)11(16)8-3-1-2-7-4-5-17-12(7)8/h1-6,11,16H. The zero-order chi connectivity index (χ0) is 12.7. The monoisotopic (exact) mass is 358 g/mol. The molecule has 1 nitrogen and oxygen atoms in total. The fourth-order valence-electron chi connectivity index (χ4n) is 1.88. The lowest BCUT2D eigenvalue weighted by molar-refractivity contribution is 0.226. The summed E-state index contributed by atoms with van der Waals surface area (Å²) in [6, 6.07) is 9.93. The summed E-state index contributed by atoms with van der Waals surface area (Å²) < 4.78 is 2.63. The molecule has 1 N–H and O–H groups in total. The molecular weight excluding hydrogens is 352 g/mol. The van der Waals surface area contributed by atoms with Crippen LogP contribution in [0.25, 0.3) is 10.1 Å². The quantitative estimate of drug-likeness (QED) is 0.644. The van der Waals surface area contributed by atoms with E-state index in [1.54, 1.807) is 11.3 Å². The van der Waals surface area contributed by atoms with Crippen molar-refractivity contribution in [1.82, 2.24) is 0 Å². The summed E-state index contributed by atoms with van der Waals surface area (Å²) in [6.45, 7) is 0. The van der Waals surface area contributed by atoms with Gasteiger partial charge < -0.3 is 5.11 Å². The van der Waals surface area contributed by atoms with E-state index in [4.69, 9.17) is 11.6 Å². The second-order valence-electron chi connectivity index (χ2n) is 3.86. The molecule has 92 valence electrons. The first-order valence-electron chi connectivity index (χ1n) is 5.25. The summed E-state index contributed by atoms with van der Waals surface area (Å²) in [7, 11) is 0. The van der Waals surface area contributed by atoms with Crippen molar-refractivity contribution in [3.05, 3.63) is 55.0 Å². The molecule has 3 aromatic rings. The SMILES string of the molecule is OC(c1cc(Br)c(Cl)s1)c1cccc2ccsc12. The number of benzene rings is 1. The van der Waals surface area contributed by atoms with E-state index in [0.717, 1.165) is 19.6 Å². The van der Waals surface area contributed by atoms with Gasteiger partial charge in [-0.3, -0.25) is 0 Å². The summed E-state index contributed by atoms with van der Waals surface area (Å²) in [5, 5.41) is 13.7. The number of rotatable bonds is 2. The predicted octanol–water partition coefficient (Wildman–Crippen LogP) is 5.46. The summed E-state index contributed by atoms with van der Waals surface area (Å²) in [4.78, 5) is 0.854. The van der Waals surface area contributed by atoms with Gasteiger partial charge in [0.2, 0.25) is 0 Å². The van der Waals surface area contributed by atoms with Crippen molar-refractivity contribution < 1.29 is 5.11 Å². The molecule has 18 heavy (non-hydrogen) atoms. The predicted molar refractivity (Wildman–Crippen MR) is 82.9 cm³/mol. The van der Waals surface area contributed by atoms with Gasteiger partial charge in [0, 0.05) is 19.6 Å². The van der Waals surface area contributed by atoms with E-state index in [2.05, 4.69) is 28.1 Å². The smallest absolute Gasteiger partial charge is 0.115 e. The molecule has 0 bridgehead atoms. The van der Waals surface area contributed by atoms with Gasteiger partial charge >= 0.3 is 0 Å². The zero-order valence-electron chi connectivity index (χ0n) is 9.06. The number of aliphatic hydroxyl groups excluding tert-OH is 1. The van der Waals surface area contributed by atoms with Crippen LogP contribution in [0.1, 0.15) is 16.5 Å². The Bertz CT molecular complexity index is 684. The Balaban J connectivity index is 2.11. The van der Waals surface area contributed by atoms with Crippen LogP contribution in [0.4, 0.5) is 0 Å². The molecule has 2 heterocycles. The third kappa shape index (κ3) is 2.12. The van der Waals surface area contributed by atoms with E-state index in [1.807, 2.05) is 23.6 Å². The van der Waals surface area contributed by atoms with Gasteiger partial charge in [-0.25, -0.2) is 0 Å². The van der Waals surface area contributed by atoms with Crippen LogP contribution >= 0.6 is 50.2 Å². The Morgan fingerprint density at radius 2 is 2.11 bits per heavy atom. The van der Waals surface area contributed by atoms with Crippen LogP contribution in [0.15, 0.2) is 40.2 Å². The topological polar surface area (TPSA) is 20.2 Å². The Labute approximate surface area is 126 Å². The van der Waals surface area contributed by atoms with Crippen LogP contribution in [-0.4, -0.2) is 5.11 Å². The second-order valence-corrected chi connectivity index (χ2v) is 7.32. The largest absolute Gasteiger partial charge is 0.383 e. The van der Waals surface area contributed by atoms with Crippen molar-refractivity contribution in [3.8, 4) is 0 Å². The van der Waals surface area contributed by atoms with Crippen molar-refractivity contribution in [2.45, 2.75) is 6.10 Å². The number of hydrogen-bond donors (Lipinski definition) is 1. The summed E-state index contributed by atoms with van der Waals surface area (Å²) in [5.74, 6) is 0. The molecule has 0 fully saturated rings. The van der Waals surface area contributed by atoms with Gasteiger partial charge in [-0.05, 0) is 38.8 Å². The lowest BCUT2D eigenvalue weighted by Crippen LogP contribution is -1.96. The molecule has 0 aliphatic heterocycles. The van der Waals surface area contributed by atoms with Gasteiger partial charge in [-0.2, -0.15) is 0 Å². The normalized spacial score (nSPS) is 13.1. The minimum Gasteiger partial charge on any atom is -0.383 e. The summed E-state index contributed by atoms with van der Waals surface area (Å²) in [6.07, 6.45) is -0.624. The van der Waals surface area contributed by atoms with E-state index in [-0.39, 0.29) is 0 Å². The van der Waals surface area contributed by atoms with Crippen LogP contribution in [0.5, 0.6) is 0 Å². The van der Waals surface area contributed by atoms with E-state index >= 15 is 0 Å². The summed E-state index contributed by atoms with van der Waals surface area (Å²) in [5.41, 5.74) is 0.938. The Hall–Kier alpha value is -0.390.